The smallest absolute Gasteiger partial charge is 0.235 e. The van der Waals surface area contributed by atoms with E-state index in [4.69, 9.17) is 9.15 Å². The molecule has 4 rings (SSSR count). The van der Waals surface area contributed by atoms with E-state index in [9.17, 15) is 4.79 Å². The number of hydrogen-bond acceptors (Lipinski definition) is 3. The third-order valence-electron chi connectivity index (χ3n) is 4.73. The maximum Gasteiger partial charge on any atom is 0.235 e. The summed E-state index contributed by atoms with van der Waals surface area (Å²) in [7, 11) is 0. The number of rotatable bonds is 4. The van der Waals surface area contributed by atoms with Gasteiger partial charge in [0.15, 0.2) is 5.76 Å². The SMILES string of the molecule is Cc1cc2oc(-c3ccccc3)c(OCc3ccccc3)c(=O)c2cc1C. The van der Waals surface area contributed by atoms with Crippen LogP contribution in [0.25, 0.3) is 22.3 Å². The van der Waals surface area contributed by atoms with E-state index in [1.54, 1.807) is 0 Å². The van der Waals surface area contributed by atoms with Crippen LogP contribution in [0, 0.1) is 13.8 Å². The standard InChI is InChI=1S/C24H20O3/c1-16-13-20-21(14-17(16)2)27-23(19-11-7-4-8-12-19)24(22(20)25)26-15-18-9-5-3-6-10-18/h3-14H,15H2,1-2H3. The van der Waals surface area contributed by atoms with Crippen LogP contribution in [0.1, 0.15) is 16.7 Å². The second kappa shape index (κ2) is 7.12. The molecule has 0 fully saturated rings. The maximum atomic E-state index is 13.2. The highest BCUT2D eigenvalue weighted by atomic mass is 16.5. The lowest BCUT2D eigenvalue weighted by Crippen LogP contribution is -2.10. The molecule has 134 valence electrons. The van der Waals surface area contributed by atoms with E-state index in [0.29, 0.717) is 23.3 Å². The van der Waals surface area contributed by atoms with Crippen molar-refractivity contribution in [3.05, 3.63) is 99.7 Å². The van der Waals surface area contributed by atoms with Crippen LogP contribution in [0.2, 0.25) is 0 Å². The fraction of sp³-hybridized carbons (Fsp3) is 0.125. The highest BCUT2D eigenvalue weighted by Gasteiger charge is 2.18. The molecule has 4 aromatic rings. The second-order valence-corrected chi connectivity index (χ2v) is 6.66. The van der Waals surface area contributed by atoms with Crippen molar-refractivity contribution in [1.82, 2.24) is 0 Å². The van der Waals surface area contributed by atoms with E-state index < -0.39 is 0 Å². The van der Waals surface area contributed by atoms with Gasteiger partial charge in [-0.1, -0.05) is 60.7 Å². The number of fused-ring (bicyclic) bond motifs is 1. The van der Waals surface area contributed by atoms with Crippen molar-refractivity contribution in [2.75, 3.05) is 0 Å². The molecule has 0 aliphatic heterocycles. The molecule has 0 radical (unpaired) electrons. The minimum Gasteiger partial charge on any atom is -0.481 e. The molecular formula is C24H20O3. The van der Waals surface area contributed by atoms with Crippen molar-refractivity contribution in [2.45, 2.75) is 20.5 Å². The van der Waals surface area contributed by atoms with Gasteiger partial charge >= 0.3 is 0 Å². The average Bonchev–Trinajstić information content (AvgIpc) is 2.70. The van der Waals surface area contributed by atoms with E-state index in [1.165, 1.54) is 0 Å². The van der Waals surface area contributed by atoms with Crippen molar-refractivity contribution in [2.24, 2.45) is 0 Å². The number of ether oxygens (including phenoxy) is 1. The van der Waals surface area contributed by atoms with Crippen LogP contribution in [-0.4, -0.2) is 0 Å². The summed E-state index contributed by atoms with van der Waals surface area (Å²) in [6.07, 6.45) is 0. The third-order valence-corrected chi connectivity index (χ3v) is 4.73. The summed E-state index contributed by atoms with van der Waals surface area (Å²) >= 11 is 0. The van der Waals surface area contributed by atoms with Gasteiger partial charge in [0.2, 0.25) is 11.2 Å². The van der Waals surface area contributed by atoms with Crippen LogP contribution in [-0.2, 0) is 6.61 Å². The first kappa shape index (κ1) is 17.1. The Hall–Kier alpha value is -3.33. The summed E-state index contributed by atoms with van der Waals surface area (Å²) in [6, 6.07) is 23.2. The average molecular weight is 356 g/mol. The van der Waals surface area contributed by atoms with Crippen LogP contribution in [0.15, 0.2) is 82.0 Å². The van der Waals surface area contributed by atoms with Gasteiger partial charge in [0.1, 0.15) is 12.2 Å². The molecule has 0 atom stereocenters. The highest BCUT2D eigenvalue weighted by Crippen LogP contribution is 2.32. The summed E-state index contributed by atoms with van der Waals surface area (Å²) in [4.78, 5) is 13.2. The fourth-order valence-electron chi connectivity index (χ4n) is 3.07. The van der Waals surface area contributed by atoms with E-state index in [0.717, 1.165) is 22.3 Å². The van der Waals surface area contributed by atoms with E-state index in [2.05, 4.69) is 0 Å². The minimum atomic E-state index is -0.144. The molecule has 1 aromatic heterocycles. The molecule has 3 nitrogen and oxygen atoms in total. The third kappa shape index (κ3) is 3.36. The molecular weight excluding hydrogens is 336 g/mol. The molecule has 0 N–H and O–H groups in total. The zero-order valence-electron chi connectivity index (χ0n) is 15.4. The molecule has 0 bridgehead atoms. The first-order chi connectivity index (χ1) is 13.1. The van der Waals surface area contributed by atoms with Gasteiger partial charge in [0.25, 0.3) is 0 Å². The Labute approximate surface area is 157 Å². The zero-order chi connectivity index (χ0) is 18.8. The number of benzene rings is 3. The Kier molecular flexibility index (Phi) is 4.51. The Morgan fingerprint density at radius 3 is 2.19 bits per heavy atom. The van der Waals surface area contributed by atoms with Crippen LogP contribution < -0.4 is 10.2 Å². The topological polar surface area (TPSA) is 39.4 Å². The lowest BCUT2D eigenvalue weighted by Gasteiger charge is -2.13. The largest absolute Gasteiger partial charge is 0.481 e. The molecule has 3 heteroatoms. The second-order valence-electron chi connectivity index (χ2n) is 6.66. The van der Waals surface area contributed by atoms with Gasteiger partial charge < -0.3 is 9.15 Å². The van der Waals surface area contributed by atoms with Gasteiger partial charge in [-0.2, -0.15) is 0 Å². The molecule has 27 heavy (non-hydrogen) atoms. The fourth-order valence-corrected chi connectivity index (χ4v) is 3.07. The van der Waals surface area contributed by atoms with Gasteiger partial charge in [0.05, 0.1) is 5.39 Å². The molecule has 0 unspecified atom stereocenters. The number of hydrogen-bond donors (Lipinski definition) is 0. The molecule has 1 heterocycles. The van der Waals surface area contributed by atoms with Crippen molar-refractivity contribution < 1.29 is 9.15 Å². The quantitative estimate of drug-likeness (QED) is 0.474. The lowest BCUT2D eigenvalue weighted by atomic mass is 10.0. The first-order valence-corrected chi connectivity index (χ1v) is 8.93. The molecule has 3 aromatic carbocycles. The van der Waals surface area contributed by atoms with Crippen LogP contribution >= 0.6 is 0 Å². The van der Waals surface area contributed by atoms with Gasteiger partial charge in [-0.25, -0.2) is 0 Å². The minimum absolute atomic E-state index is 0.144. The predicted octanol–water partition coefficient (Wildman–Crippen LogP) is 5.66. The summed E-state index contributed by atoms with van der Waals surface area (Å²) in [5, 5.41) is 0.542. The van der Waals surface area contributed by atoms with Crippen LogP contribution in [0.5, 0.6) is 5.75 Å². The zero-order valence-corrected chi connectivity index (χ0v) is 15.4. The molecule has 0 saturated heterocycles. The summed E-state index contributed by atoms with van der Waals surface area (Å²) in [6.45, 7) is 4.31. The molecule has 0 amide bonds. The van der Waals surface area contributed by atoms with Gasteiger partial charge in [-0.3, -0.25) is 4.79 Å². The van der Waals surface area contributed by atoms with E-state index >= 15 is 0 Å². The van der Waals surface area contributed by atoms with Crippen molar-refractivity contribution in [3.63, 3.8) is 0 Å². The predicted molar refractivity (Wildman–Crippen MR) is 108 cm³/mol. The van der Waals surface area contributed by atoms with Crippen LogP contribution in [0.3, 0.4) is 0 Å². The molecule has 0 spiro atoms. The molecule has 0 aliphatic carbocycles. The highest BCUT2D eigenvalue weighted by molar-refractivity contribution is 5.83. The Morgan fingerprint density at radius 2 is 1.48 bits per heavy atom. The Balaban J connectivity index is 1.89. The van der Waals surface area contributed by atoms with E-state index in [1.807, 2.05) is 86.6 Å². The summed E-state index contributed by atoms with van der Waals surface area (Å²) < 4.78 is 12.1. The van der Waals surface area contributed by atoms with Gasteiger partial charge in [-0.05, 0) is 42.7 Å². The number of aryl methyl sites for hydroxylation is 2. The normalized spacial score (nSPS) is 10.9. The van der Waals surface area contributed by atoms with Crippen LogP contribution in [0.4, 0.5) is 0 Å². The summed E-state index contributed by atoms with van der Waals surface area (Å²) in [5.74, 6) is 0.716. The first-order valence-electron chi connectivity index (χ1n) is 8.93. The monoisotopic (exact) mass is 356 g/mol. The Bertz CT molecular complexity index is 1140. The van der Waals surface area contributed by atoms with Crippen molar-refractivity contribution >= 4 is 11.0 Å². The maximum absolute atomic E-state index is 13.2. The summed E-state index contributed by atoms with van der Waals surface area (Å²) in [5.41, 5.74) is 4.39. The van der Waals surface area contributed by atoms with Gasteiger partial charge in [-0.15, -0.1) is 0 Å². The van der Waals surface area contributed by atoms with Gasteiger partial charge in [0, 0.05) is 5.56 Å². The van der Waals surface area contributed by atoms with Crippen molar-refractivity contribution in [3.8, 4) is 17.1 Å². The van der Waals surface area contributed by atoms with Crippen molar-refractivity contribution in [1.29, 1.82) is 0 Å². The lowest BCUT2D eigenvalue weighted by molar-refractivity contribution is 0.298. The van der Waals surface area contributed by atoms with E-state index in [-0.39, 0.29) is 11.2 Å². The molecule has 0 aliphatic rings. The molecule has 0 saturated carbocycles. The Morgan fingerprint density at radius 1 is 0.852 bits per heavy atom.